The second kappa shape index (κ2) is 10.9. The summed E-state index contributed by atoms with van der Waals surface area (Å²) >= 11 is 0. The maximum absolute atomic E-state index is 12.2. The molecule has 0 saturated carbocycles. The molecule has 0 aliphatic carbocycles. The van der Waals surface area contributed by atoms with Gasteiger partial charge < -0.3 is 20.3 Å². The van der Waals surface area contributed by atoms with Crippen molar-refractivity contribution in [3.05, 3.63) is 0 Å². The maximum Gasteiger partial charge on any atom is 0.406 e. The van der Waals surface area contributed by atoms with Gasteiger partial charge in [0.15, 0.2) is 5.96 Å². The van der Waals surface area contributed by atoms with Crippen molar-refractivity contribution >= 4 is 35.8 Å². The molecular formula is C13H24F3IN4O2. The molecule has 1 unspecified atom stereocenters. The van der Waals surface area contributed by atoms with Crippen molar-refractivity contribution in [2.24, 2.45) is 4.99 Å². The van der Waals surface area contributed by atoms with Crippen LogP contribution in [0.2, 0.25) is 0 Å². The molecule has 23 heavy (non-hydrogen) atoms. The Morgan fingerprint density at radius 2 is 2.09 bits per heavy atom. The smallest absolute Gasteiger partial charge is 0.376 e. The van der Waals surface area contributed by atoms with E-state index in [1.807, 2.05) is 6.92 Å². The number of alkyl halides is 3. The van der Waals surface area contributed by atoms with Crippen molar-refractivity contribution in [2.75, 3.05) is 39.8 Å². The summed E-state index contributed by atoms with van der Waals surface area (Å²) in [6.45, 7) is 2.12. The molecule has 0 aromatic heterocycles. The largest absolute Gasteiger partial charge is 0.406 e. The van der Waals surface area contributed by atoms with Crippen molar-refractivity contribution in [3.63, 3.8) is 0 Å². The first-order valence-corrected chi connectivity index (χ1v) is 7.26. The predicted octanol–water partition coefficient (Wildman–Crippen LogP) is 1.36. The summed E-state index contributed by atoms with van der Waals surface area (Å²) in [5.41, 5.74) is 0. The Morgan fingerprint density at radius 1 is 1.39 bits per heavy atom. The number of ether oxygens (including phenoxy) is 1. The Balaban J connectivity index is 0.00000484. The van der Waals surface area contributed by atoms with Crippen molar-refractivity contribution in [1.82, 2.24) is 15.5 Å². The highest BCUT2D eigenvalue weighted by molar-refractivity contribution is 14.0. The van der Waals surface area contributed by atoms with Gasteiger partial charge in [0, 0.05) is 26.7 Å². The predicted molar refractivity (Wildman–Crippen MR) is 92.1 cm³/mol. The number of hydrogen-bond acceptors (Lipinski definition) is 3. The monoisotopic (exact) mass is 452 g/mol. The summed E-state index contributed by atoms with van der Waals surface area (Å²) in [5, 5.41) is 5.97. The molecule has 1 saturated heterocycles. The number of rotatable bonds is 6. The molecule has 1 fully saturated rings. The van der Waals surface area contributed by atoms with E-state index in [1.54, 1.807) is 0 Å². The standard InChI is InChI=1S/C13H23F3N4O2.HI/c1-3-17-12(18-7-10-5-4-6-22-10)19-8-11(21)20(2)9-13(14,15)16;/h10H,3-9H2,1-2H3,(H2,17,18,19);1H. The van der Waals surface area contributed by atoms with Gasteiger partial charge >= 0.3 is 6.18 Å². The normalized spacial score (nSPS) is 18.3. The van der Waals surface area contributed by atoms with Gasteiger partial charge in [-0.1, -0.05) is 0 Å². The number of guanidine groups is 1. The van der Waals surface area contributed by atoms with Crippen LogP contribution in [-0.4, -0.2) is 68.9 Å². The van der Waals surface area contributed by atoms with Gasteiger partial charge in [-0.2, -0.15) is 13.2 Å². The SMILES string of the molecule is CCNC(=NCC(=O)N(C)CC(F)(F)F)NCC1CCCO1.I. The van der Waals surface area contributed by atoms with Crippen LogP contribution in [0, 0.1) is 0 Å². The Labute approximate surface area is 151 Å². The van der Waals surface area contributed by atoms with Crippen molar-refractivity contribution in [3.8, 4) is 0 Å². The molecule has 1 rings (SSSR count). The van der Waals surface area contributed by atoms with Crippen LogP contribution in [0.25, 0.3) is 0 Å². The fraction of sp³-hybridized carbons (Fsp3) is 0.846. The van der Waals surface area contributed by atoms with E-state index in [9.17, 15) is 18.0 Å². The Morgan fingerprint density at radius 3 is 2.61 bits per heavy atom. The number of amides is 1. The van der Waals surface area contributed by atoms with Gasteiger partial charge in [-0.3, -0.25) is 4.79 Å². The topological polar surface area (TPSA) is 66.0 Å². The molecular weight excluding hydrogens is 428 g/mol. The minimum atomic E-state index is -4.41. The lowest BCUT2D eigenvalue weighted by Crippen LogP contribution is -2.42. The van der Waals surface area contributed by atoms with Crippen LogP contribution < -0.4 is 10.6 Å². The van der Waals surface area contributed by atoms with Crippen molar-refractivity contribution < 1.29 is 22.7 Å². The summed E-state index contributed by atoms with van der Waals surface area (Å²) in [7, 11) is 1.11. The van der Waals surface area contributed by atoms with E-state index in [4.69, 9.17) is 4.74 Å². The van der Waals surface area contributed by atoms with Gasteiger partial charge in [0.05, 0.1) is 6.10 Å². The molecule has 0 spiro atoms. The number of nitrogens with zero attached hydrogens (tertiary/aromatic N) is 2. The lowest BCUT2D eigenvalue weighted by Gasteiger charge is -2.18. The second-order valence-electron chi connectivity index (χ2n) is 5.08. The van der Waals surface area contributed by atoms with Crippen LogP contribution in [0.3, 0.4) is 0 Å². The lowest BCUT2D eigenvalue weighted by atomic mass is 10.2. The van der Waals surface area contributed by atoms with E-state index in [2.05, 4.69) is 15.6 Å². The zero-order chi connectivity index (χ0) is 16.6. The molecule has 0 radical (unpaired) electrons. The summed E-state index contributed by atoms with van der Waals surface area (Å²) in [5.74, 6) is -0.293. The molecule has 1 aliphatic rings. The molecule has 0 bridgehead atoms. The van der Waals surface area contributed by atoms with Gasteiger partial charge in [-0.15, -0.1) is 24.0 Å². The van der Waals surface area contributed by atoms with E-state index >= 15 is 0 Å². The fourth-order valence-corrected chi connectivity index (χ4v) is 1.98. The highest BCUT2D eigenvalue weighted by Gasteiger charge is 2.31. The quantitative estimate of drug-likeness (QED) is 0.363. The molecule has 1 amide bonds. The van der Waals surface area contributed by atoms with Gasteiger partial charge in [-0.05, 0) is 19.8 Å². The van der Waals surface area contributed by atoms with Crippen molar-refractivity contribution in [1.29, 1.82) is 0 Å². The number of likely N-dealkylation sites (N-methyl/N-ethyl adjacent to an activating group) is 1. The minimum Gasteiger partial charge on any atom is -0.376 e. The lowest BCUT2D eigenvalue weighted by molar-refractivity contribution is -0.157. The maximum atomic E-state index is 12.2. The Bertz CT molecular complexity index is 388. The van der Waals surface area contributed by atoms with E-state index in [0.717, 1.165) is 26.5 Å². The highest BCUT2D eigenvalue weighted by atomic mass is 127. The fourth-order valence-electron chi connectivity index (χ4n) is 1.98. The summed E-state index contributed by atoms with van der Waals surface area (Å²) < 4.78 is 42.1. The van der Waals surface area contributed by atoms with Crippen LogP contribution in [0.1, 0.15) is 19.8 Å². The molecule has 0 aromatic rings. The zero-order valence-electron chi connectivity index (χ0n) is 13.3. The number of carbonyl (C=O) groups is 1. The number of hydrogen-bond donors (Lipinski definition) is 2. The summed E-state index contributed by atoms with van der Waals surface area (Å²) in [4.78, 5) is 16.3. The van der Waals surface area contributed by atoms with E-state index < -0.39 is 18.6 Å². The number of aliphatic imine (C=N–C) groups is 1. The molecule has 1 atom stereocenters. The minimum absolute atomic E-state index is 0. The van der Waals surface area contributed by atoms with E-state index in [0.29, 0.717) is 23.9 Å². The first-order valence-electron chi connectivity index (χ1n) is 7.26. The molecule has 6 nitrogen and oxygen atoms in total. The average molecular weight is 452 g/mol. The number of halogens is 4. The highest BCUT2D eigenvalue weighted by Crippen LogP contribution is 2.15. The second-order valence-corrected chi connectivity index (χ2v) is 5.08. The number of nitrogens with one attached hydrogen (secondary N) is 2. The first kappa shape index (κ1) is 22.2. The molecule has 0 aromatic carbocycles. The van der Waals surface area contributed by atoms with Gasteiger partial charge in [0.2, 0.25) is 5.91 Å². The van der Waals surface area contributed by atoms with Gasteiger partial charge in [0.1, 0.15) is 13.1 Å². The van der Waals surface area contributed by atoms with E-state index in [1.165, 1.54) is 0 Å². The van der Waals surface area contributed by atoms with Crippen LogP contribution >= 0.6 is 24.0 Å². The number of carbonyl (C=O) groups excluding carboxylic acids is 1. The average Bonchev–Trinajstić information content (AvgIpc) is 2.92. The van der Waals surface area contributed by atoms with Gasteiger partial charge in [-0.25, -0.2) is 4.99 Å². The third-order valence-electron chi connectivity index (χ3n) is 3.08. The molecule has 1 heterocycles. The van der Waals surface area contributed by atoms with Crippen LogP contribution in [0.5, 0.6) is 0 Å². The third-order valence-corrected chi connectivity index (χ3v) is 3.08. The third kappa shape index (κ3) is 9.84. The first-order chi connectivity index (χ1) is 10.3. The van der Waals surface area contributed by atoms with Crippen LogP contribution in [-0.2, 0) is 9.53 Å². The van der Waals surface area contributed by atoms with Gasteiger partial charge in [0.25, 0.3) is 0 Å². The van der Waals surface area contributed by atoms with Crippen molar-refractivity contribution in [2.45, 2.75) is 32.0 Å². The molecule has 1 aliphatic heterocycles. The zero-order valence-corrected chi connectivity index (χ0v) is 15.6. The summed E-state index contributed by atoms with van der Waals surface area (Å²) in [6, 6.07) is 0. The Hall–Kier alpha value is -0.780. The molecule has 2 N–H and O–H groups in total. The van der Waals surface area contributed by atoms with Crippen LogP contribution in [0.4, 0.5) is 13.2 Å². The van der Waals surface area contributed by atoms with E-state index in [-0.39, 0.29) is 36.6 Å². The van der Waals surface area contributed by atoms with Crippen LogP contribution in [0.15, 0.2) is 4.99 Å². The summed E-state index contributed by atoms with van der Waals surface area (Å²) in [6.07, 6.45) is -2.33. The Kier molecular flexibility index (Phi) is 10.5. The molecule has 136 valence electrons. The molecule has 10 heteroatoms.